The Morgan fingerprint density at radius 3 is 2.39 bits per heavy atom. The van der Waals surface area contributed by atoms with Gasteiger partial charge < -0.3 is 20.4 Å². The van der Waals surface area contributed by atoms with Crippen LogP contribution in [-0.4, -0.2) is 60.9 Å². The molecule has 1 aliphatic rings. The molecule has 1 heterocycles. The third-order valence-corrected chi connectivity index (χ3v) is 5.22. The topological polar surface area (TPSA) is 81.8 Å². The first-order valence-corrected chi connectivity index (χ1v) is 10.4. The number of carbonyl (C=O) groups excluding carboxylic acids is 3. The molecule has 3 rings (SSSR count). The number of nitrogens with zero attached hydrogens (tertiary/aromatic N) is 2. The minimum atomic E-state index is -0.205. The maximum absolute atomic E-state index is 12.6. The van der Waals surface area contributed by atoms with E-state index in [1.54, 1.807) is 71.5 Å². The number of halogens is 1. The van der Waals surface area contributed by atoms with Gasteiger partial charge >= 0.3 is 6.03 Å². The van der Waals surface area contributed by atoms with Crippen LogP contribution in [0, 0.1) is 0 Å². The molecular formula is C23H25ClN4O3. The quantitative estimate of drug-likeness (QED) is 0.714. The second-order valence-electron chi connectivity index (χ2n) is 7.14. The van der Waals surface area contributed by atoms with Crippen molar-refractivity contribution in [2.45, 2.75) is 6.42 Å². The van der Waals surface area contributed by atoms with Gasteiger partial charge in [-0.2, -0.15) is 0 Å². The zero-order chi connectivity index (χ0) is 22.2. The summed E-state index contributed by atoms with van der Waals surface area (Å²) in [5.41, 5.74) is 2.04. The van der Waals surface area contributed by atoms with Crippen LogP contribution in [0.15, 0.2) is 54.6 Å². The largest absolute Gasteiger partial charge is 0.355 e. The zero-order valence-electron chi connectivity index (χ0n) is 17.3. The second-order valence-corrected chi connectivity index (χ2v) is 7.58. The molecule has 0 radical (unpaired) electrons. The van der Waals surface area contributed by atoms with Gasteiger partial charge in [0.05, 0.1) is 0 Å². The van der Waals surface area contributed by atoms with Crippen LogP contribution in [0.3, 0.4) is 0 Å². The van der Waals surface area contributed by atoms with Crippen LogP contribution >= 0.6 is 11.6 Å². The minimum Gasteiger partial charge on any atom is -0.355 e. The van der Waals surface area contributed by atoms with Crippen LogP contribution in [0.5, 0.6) is 0 Å². The second kappa shape index (κ2) is 10.6. The van der Waals surface area contributed by atoms with Gasteiger partial charge in [-0.05, 0) is 48.4 Å². The van der Waals surface area contributed by atoms with Gasteiger partial charge in [-0.3, -0.25) is 9.59 Å². The number of benzene rings is 2. The molecule has 2 N–H and O–H groups in total. The third kappa shape index (κ3) is 6.33. The average Bonchev–Trinajstić information content (AvgIpc) is 3.04. The van der Waals surface area contributed by atoms with Crippen molar-refractivity contribution in [1.82, 2.24) is 15.1 Å². The standard InChI is InChI=1S/C23H25ClN4O3/c1-25-22(30)18-9-6-17(7-10-18)8-11-21(29)27-12-3-13-28(15-14-27)23(31)26-20-5-2-4-19(24)16-20/h2,4-11,16H,3,12-15H2,1H3,(H,25,30)(H,26,31)/b11-8+. The van der Waals surface area contributed by atoms with Crippen LogP contribution in [0.1, 0.15) is 22.3 Å². The highest BCUT2D eigenvalue weighted by atomic mass is 35.5. The summed E-state index contributed by atoms with van der Waals surface area (Å²) in [5.74, 6) is -0.257. The first kappa shape index (κ1) is 22.4. The Bertz CT molecular complexity index is 975. The first-order chi connectivity index (χ1) is 15.0. The van der Waals surface area contributed by atoms with Crippen LogP contribution in [0.2, 0.25) is 5.02 Å². The highest BCUT2D eigenvalue weighted by Gasteiger charge is 2.21. The summed E-state index contributed by atoms with van der Waals surface area (Å²) in [7, 11) is 1.58. The summed E-state index contributed by atoms with van der Waals surface area (Å²) in [5, 5.41) is 5.97. The van der Waals surface area contributed by atoms with E-state index >= 15 is 0 Å². The number of urea groups is 1. The van der Waals surface area contributed by atoms with Gasteiger partial charge in [-0.25, -0.2) is 4.79 Å². The van der Waals surface area contributed by atoms with E-state index in [-0.39, 0.29) is 17.8 Å². The maximum Gasteiger partial charge on any atom is 0.321 e. The van der Waals surface area contributed by atoms with Crippen molar-refractivity contribution >= 4 is 41.2 Å². The van der Waals surface area contributed by atoms with E-state index in [9.17, 15) is 14.4 Å². The fourth-order valence-electron chi connectivity index (χ4n) is 3.27. The van der Waals surface area contributed by atoms with Gasteiger partial charge in [-0.1, -0.05) is 29.8 Å². The summed E-state index contributed by atoms with van der Waals surface area (Å²) in [6, 6.07) is 13.8. The summed E-state index contributed by atoms with van der Waals surface area (Å²) >= 11 is 5.96. The fraction of sp³-hybridized carbons (Fsp3) is 0.261. The number of anilines is 1. The predicted molar refractivity (Wildman–Crippen MR) is 122 cm³/mol. The summed E-state index contributed by atoms with van der Waals surface area (Å²) < 4.78 is 0. The highest BCUT2D eigenvalue weighted by molar-refractivity contribution is 6.30. The van der Waals surface area contributed by atoms with Gasteiger partial charge in [0.2, 0.25) is 5.91 Å². The number of hydrogen-bond acceptors (Lipinski definition) is 3. The summed E-state index contributed by atoms with van der Waals surface area (Å²) in [4.78, 5) is 40.2. The van der Waals surface area contributed by atoms with Crippen LogP contribution in [0.4, 0.5) is 10.5 Å². The molecule has 0 aromatic heterocycles. The predicted octanol–water partition coefficient (Wildman–Crippen LogP) is 3.48. The third-order valence-electron chi connectivity index (χ3n) is 4.99. The normalized spacial score (nSPS) is 14.3. The molecule has 8 heteroatoms. The molecule has 2 aromatic rings. The van der Waals surface area contributed by atoms with Gasteiger partial charge in [-0.15, -0.1) is 0 Å². The molecule has 162 valence electrons. The fourth-order valence-corrected chi connectivity index (χ4v) is 3.46. The Balaban J connectivity index is 1.53. The van der Waals surface area contributed by atoms with Gasteiger partial charge in [0.15, 0.2) is 0 Å². The van der Waals surface area contributed by atoms with Crippen LogP contribution in [-0.2, 0) is 4.79 Å². The van der Waals surface area contributed by atoms with Crippen molar-refractivity contribution in [3.63, 3.8) is 0 Å². The molecule has 31 heavy (non-hydrogen) atoms. The molecule has 7 nitrogen and oxygen atoms in total. The lowest BCUT2D eigenvalue weighted by atomic mass is 10.1. The first-order valence-electron chi connectivity index (χ1n) is 10.1. The molecular weight excluding hydrogens is 416 g/mol. The smallest absolute Gasteiger partial charge is 0.321 e. The van der Waals surface area contributed by atoms with E-state index in [1.807, 2.05) is 0 Å². The van der Waals surface area contributed by atoms with Gasteiger partial charge in [0.1, 0.15) is 0 Å². The van der Waals surface area contributed by atoms with Crippen molar-refractivity contribution in [3.8, 4) is 0 Å². The molecule has 1 fully saturated rings. The van der Waals surface area contributed by atoms with E-state index in [0.29, 0.717) is 48.9 Å². The zero-order valence-corrected chi connectivity index (χ0v) is 18.1. The molecule has 1 aliphatic heterocycles. The van der Waals surface area contributed by atoms with E-state index < -0.39 is 0 Å². The Morgan fingerprint density at radius 2 is 1.68 bits per heavy atom. The SMILES string of the molecule is CNC(=O)c1ccc(/C=C/C(=O)N2CCCN(C(=O)Nc3cccc(Cl)c3)CC2)cc1. The van der Waals surface area contributed by atoms with E-state index in [1.165, 1.54) is 6.08 Å². The van der Waals surface area contributed by atoms with Crippen LogP contribution < -0.4 is 10.6 Å². The van der Waals surface area contributed by atoms with Crippen molar-refractivity contribution in [1.29, 1.82) is 0 Å². The van der Waals surface area contributed by atoms with Crippen molar-refractivity contribution in [3.05, 3.63) is 70.8 Å². The molecule has 0 unspecified atom stereocenters. The average molecular weight is 441 g/mol. The Kier molecular flexibility index (Phi) is 7.67. The molecule has 0 aliphatic carbocycles. The van der Waals surface area contributed by atoms with Crippen molar-refractivity contribution in [2.24, 2.45) is 0 Å². The molecule has 0 saturated carbocycles. The summed E-state index contributed by atoms with van der Waals surface area (Å²) in [6.07, 6.45) is 3.95. The van der Waals surface area contributed by atoms with Crippen molar-refractivity contribution < 1.29 is 14.4 Å². The Hall–Kier alpha value is -3.32. The van der Waals surface area contributed by atoms with Gasteiger partial charge in [0, 0.05) is 55.6 Å². The molecule has 4 amide bonds. The monoisotopic (exact) mass is 440 g/mol. The highest BCUT2D eigenvalue weighted by Crippen LogP contribution is 2.16. The lowest BCUT2D eigenvalue weighted by Gasteiger charge is -2.22. The molecule has 0 atom stereocenters. The molecule has 0 spiro atoms. The number of rotatable bonds is 4. The van der Waals surface area contributed by atoms with E-state index in [4.69, 9.17) is 11.6 Å². The number of nitrogens with one attached hydrogen (secondary N) is 2. The Morgan fingerprint density at radius 1 is 0.968 bits per heavy atom. The van der Waals surface area contributed by atoms with Crippen LogP contribution in [0.25, 0.3) is 6.08 Å². The molecule has 0 bridgehead atoms. The minimum absolute atomic E-state index is 0.104. The molecule has 2 aromatic carbocycles. The van der Waals surface area contributed by atoms with Gasteiger partial charge in [0.25, 0.3) is 5.91 Å². The van der Waals surface area contributed by atoms with Crippen molar-refractivity contribution in [2.75, 3.05) is 38.5 Å². The number of carbonyl (C=O) groups is 3. The number of hydrogen-bond donors (Lipinski definition) is 2. The number of amides is 4. The maximum atomic E-state index is 12.6. The lowest BCUT2D eigenvalue weighted by molar-refractivity contribution is -0.125. The molecule has 1 saturated heterocycles. The lowest BCUT2D eigenvalue weighted by Crippen LogP contribution is -2.39. The summed E-state index contributed by atoms with van der Waals surface area (Å²) in [6.45, 7) is 2.06. The van der Waals surface area contributed by atoms with E-state index in [2.05, 4.69) is 10.6 Å². The Labute approximate surface area is 186 Å². The van der Waals surface area contributed by atoms with E-state index in [0.717, 1.165) is 5.56 Å².